The van der Waals surface area contributed by atoms with E-state index in [0.717, 1.165) is 39.4 Å². The summed E-state index contributed by atoms with van der Waals surface area (Å²) in [5, 5.41) is 0. The van der Waals surface area contributed by atoms with Crippen LogP contribution >= 0.6 is 0 Å². The molecule has 2 aromatic carbocycles. The van der Waals surface area contributed by atoms with Crippen LogP contribution in [0.3, 0.4) is 0 Å². The van der Waals surface area contributed by atoms with E-state index in [1.807, 2.05) is 55.6 Å². The molecule has 0 saturated heterocycles. The van der Waals surface area contributed by atoms with E-state index in [9.17, 15) is 0 Å². The molecule has 5 nitrogen and oxygen atoms in total. The summed E-state index contributed by atoms with van der Waals surface area (Å²) >= 11 is 0. The van der Waals surface area contributed by atoms with Crippen molar-refractivity contribution in [3.8, 4) is 22.6 Å². The Hall–Kier alpha value is -3.34. The number of fused-ring (bicyclic) bond motifs is 4. The highest BCUT2D eigenvalue weighted by Gasteiger charge is 2.46. The molecule has 3 aromatic rings. The van der Waals surface area contributed by atoms with Gasteiger partial charge in [-0.3, -0.25) is 4.98 Å². The summed E-state index contributed by atoms with van der Waals surface area (Å²) in [4.78, 5) is 9.09. The second kappa shape index (κ2) is 5.33. The highest BCUT2D eigenvalue weighted by molar-refractivity contribution is 5.77. The highest BCUT2D eigenvalue weighted by Crippen LogP contribution is 2.51. The zero-order valence-corrected chi connectivity index (χ0v) is 14.3. The Kier molecular flexibility index (Phi) is 3.06. The van der Waals surface area contributed by atoms with Crippen LogP contribution in [0.1, 0.15) is 16.8 Å². The lowest BCUT2D eigenvalue weighted by Crippen LogP contribution is -2.31. The van der Waals surface area contributed by atoms with Gasteiger partial charge in [-0.05, 0) is 36.8 Å². The molecule has 0 amide bonds. The smallest absolute Gasteiger partial charge is 0.283 e. The van der Waals surface area contributed by atoms with Crippen molar-refractivity contribution < 1.29 is 9.47 Å². The molecule has 0 aliphatic carbocycles. The fraction of sp³-hybridized carbons (Fsp3) is 0.143. The van der Waals surface area contributed by atoms with Crippen LogP contribution in [0.15, 0.2) is 65.8 Å². The van der Waals surface area contributed by atoms with E-state index in [1.165, 1.54) is 0 Å². The zero-order chi connectivity index (χ0) is 17.7. The van der Waals surface area contributed by atoms with Crippen LogP contribution < -0.4 is 10.5 Å². The summed E-state index contributed by atoms with van der Waals surface area (Å²) in [7, 11) is 0. The van der Waals surface area contributed by atoms with Crippen molar-refractivity contribution in [3.05, 3.63) is 77.6 Å². The summed E-state index contributed by atoms with van der Waals surface area (Å²) in [6.45, 7) is 2.34. The maximum absolute atomic E-state index is 6.13. The minimum Gasteiger partial charge on any atom is -0.462 e. The molecule has 1 aromatic heterocycles. The Balaban J connectivity index is 1.72. The number of hydrogen-bond acceptors (Lipinski definition) is 5. The Morgan fingerprint density at radius 1 is 0.962 bits per heavy atom. The van der Waals surface area contributed by atoms with Crippen LogP contribution in [0.25, 0.3) is 11.1 Å². The third kappa shape index (κ3) is 2.10. The molecule has 0 saturated carbocycles. The van der Waals surface area contributed by atoms with E-state index in [-0.39, 0.29) is 6.02 Å². The average molecular weight is 343 g/mol. The van der Waals surface area contributed by atoms with E-state index in [0.29, 0.717) is 6.61 Å². The van der Waals surface area contributed by atoms with Gasteiger partial charge in [-0.25, -0.2) is 4.99 Å². The lowest BCUT2D eigenvalue weighted by atomic mass is 9.80. The molecule has 1 spiro atoms. The van der Waals surface area contributed by atoms with Gasteiger partial charge in [-0.15, -0.1) is 0 Å². The Bertz CT molecular complexity index is 1040. The van der Waals surface area contributed by atoms with Crippen molar-refractivity contribution in [2.45, 2.75) is 12.5 Å². The minimum atomic E-state index is -0.678. The number of aliphatic imine (C=N–C) groups is 1. The fourth-order valence-electron chi connectivity index (χ4n) is 3.63. The highest BCUT2D eigenvalue weighted by atomic mass is 16.5. The first-order valence-corrected chi connectivity index (χ1v) is 8.49. The van der Waals surface area contributed by atoms with E-state index >= 15 is 0 Å². The third-order valence-corrected chi connectivity index (χ3v) is 4.95. The predicted octanol–water partition coefficient (Wildman–Crippen LogP) is 3.75. The van der Waals surface area contributed by atoms with Gasteiger partial charge < -0.3 is 15.2 Å². The minimum absolute atomic E-state index is 0.204. The van der Waals surface area contributed by atoms with Gasteiger partial charge in [0.2, 0.25) is 0 Å². The van der Waals surface area contributed by atoms with Crippen molar-refractivity contribution in [2.24, 2.45) is 10.7 Å². The van der Waals surface area contributed by atoms with Gasteiger partial charge in [-0.1, -0.05) is 30.3 Å². The van der Waals surface area contributed by atoms with Crippen molar-refractivity contribution in [2.75, 3.05) is 6.61 Å². The molecular weight excluding hydrogens is 326 g/mol. The summed E-state index contributed by atoms with van der Waals surface area (Å²) < 4.78 is 11.7. The molecule has 0 bridgehead atoms. The second-order valence-corrected chi connectivity index (χ2v) is 6.60. The normalized spacial score (nSPS) is 20.0. The molecule has 128 valence electrons. The molecule has 0 radical (unpaired) electrons. The summed E-state index contributed by atoms with van der Waals surface area (Å²) in [5.74, 6) is 1.56. The SMILES string of the molecule is Cc1ccc(-c2ccc3c(c2)C2(COC(N)=N2)c2ccccc2O3)cn1. The zero-order valence-electron chi connectivity index (χ0n) is 14.3. The molecule has 2 N–H and O–H groups in total. The first-order valence-electron chi connectivity index (χ1n) is 8.49. The van der Waals surface area contributed by atoms with Crippen LogP contribution in [-0.2, 0) is 10.3 Å². The van der Waals surface area contributed by atoms with Crippen LogP contribution in [0.5, 0.6) is 11.5 Å². The van der Waals surface area contributed by atoms with Gasteiger partial charge in [0.15, 0.2) is 5.54 Å². The molecule has 2 aliphatic rings. The van der Waals surface area contributed by atoms with E-state index in [1.54, 1.807) is 0 Å². The number of hydrogen-bond donors (Lipinski definition) is 1. The van der Waals surface area contributed by atoms with Crippen LogP contribution in [0.4, 0.5) is 0 Å². The van der Waals surface area contributed by atoms with Gasteiger partial charge in [-0.2, -0.15) is 0 Å². The molecule has 3 heterocycles. The van der Waals surface area contributed by atoms with Gasteiger partial charge in [0.25, 0.3) is 6.02 Å². The van der Waals surface area contributed by atoms with Crippen molar-refractivity contribution in [1.29, 1.82) is 0 Å². The number of nitrogens with two attached hydrogens (primary N) is 1. The standard InChI is InChI=1S/C21H17N3O2/c1-13-6-7-15(11-23-13)14-8-9-19-17(10-14)21(12-25-20(22)24-21)16-4-2-3-5-18(16)26-19/h2-11H,12H2,1H3,(H2,22,24). The van der Waals surface area contributed by atoms with Gasteiger partial charge in [0.1, 0.15) is 18.1 Å². The third-order valence-electron chi connectivity index (χ3n) is 4.95. The Labute approximate surface area is 151 Å². The first-order chi connectivity index (χ1) is 12.7. The van der Waals surface area contributed by atoms with Gasteiger partial charge in [0, 0.05) is 28.6 Å². The number of pyridine rings is 1. The van der Waals surface area contributed by atoms with Crippen molar-refractivity contribution >= 4 is 6.02 Å². The molecular formula is C21H17N3O2. The van der Waals surface area contributed by atoms with Crippen LogP contribution in [-0.4, -0.2) is 17.6 Å². The monoisotopic (exact) mass is 343 g/mol. The topological polar surface area (TPSA) is 69.7 Å². The quantitative estimate of drug-likeness (QED) is 0.730. The lowest BCUT2D eigenvalue weighted by molar-refractivity contribution is 0.264. The van der Waals surface area contributed by atoms with Crippen molar-refractivity contribution in [3.63, 3.8) is 0 Å². The number of nitrogens with zero attached hydrogens (tertiary/aromatic N) is 2. The summed E-state index contributed by atoms with van der Waals surface area (Å²) in [6, 6.07) is 18.3. The Morgan fingerprint density at radius 2 is 1.77 bits per heavy atom. The molecule has 5 heteroatoms. The molecule has 1 atom stereocenters. The average Bonchev–Trinajstić information content (AvgIpc) is 3.05. The predicted molar refractivity (Wildman–Crippen MR) is 99.3 cm³/mol. The number of aryl methyl sites for hydroxylation is 1. The number of amidine groups is 1. The molecule has 5 rings (SSSR count). The molecule has 0 fully saturated rings. The van der Waals surface area contributed by atoms with Crippen LogP contribution in [0, 0.1) is 6.92 Å². The lowest BCUT2D eigenvalue weighted by Gasteiger charge is -2.33. The molecule has 2 aliphatic heterocycles. The van der Waals surface area contributed by atoms with Crippen LogP contribution in [0.2, 0.25) is 0 Å². The van der Waals surface area contributed by atoms with E-state index in [2.05, 4.69) is 22.1 Å². The van der Waals surface area contributed by atoms with Gasteiger partial charge >= 0.3 is 0 Å². The number of benzene rings is 2. The second-order valence-electron chi connectivity index (χ2n) is 6.60. The fourth-order valence-corrected chi connectivity index (χ4v) is 3.63. The summed E-state index contributed by atoms with van der Waals surface area (Å²) in [5.41, 5.74) is 10.2. The molecule has 26 heavy (non-hydrogen) atoms. The number of para-hydroxylation sites is 1. The number of aromatic nitrogens is 1. The van der Waals surface area contributed by atoms with Gasteiger partial charge in [0.05, 0.1) is 0 Å². The van der Waals surface area contributed by atoms with Crippen molar-refractivity contribution in [1.82, 2.24) is 4.98 Å². The molecule has 1 unspecified atom stereocenters. The summed E-state index contributed by atoms with van der Waals surface area (Å²) in [6.07, 6.45) is 1.88. The number of rotatable bonds is 1. The maximum atomic E-state index is 6.13. The largest absolute Gasteiger partial charge is 0.462 e. The maximum Gasteiger partial charge on any atom is 0.283 e. The van der Waals surface area contributed by atoms with E-state index in [4.69, 9.17) is 15.2 Å². The Morgan fingerprint density at radius 3 is 2.54 bits per heavy atom. The number of ether oxygens (including phenoxy) is 2. The van der Waals surface area contributed by atoms with E-state index < -0.39 is 5.54 Å². The first kappa shape index (κ1) is 15.0.